The Bertz CT molecular complexity index is 1040. The standard InChI is InChI=1S/C19H21N3O5/c23-15-16(24)21-14-8-12(4-5-13(14)20-15)17(25)22-7-1-6-19(10-22,18(26)27)9-11-2-3-11/h4-5,8,11H,1-3,6-7,9-10H2,(H,20,23)(H,21,24)(H,26,27)/t19-/m1/s1. The minimum absolute atomic E-state index is 0.206. The monoisotopic (exact) mass is 371 g/mol. The molecule has 1 saturated heterocycles. The molecule has 8 nitrogen and oxygen atoms in total. The van der Waals surface area contributed by atoms with Crippen molar-refractivity contribution >= 4 is 22.9 Å². The average molecular weight is 371 g/mol. The minimum Gasteiger partial charge on any atom is -0.481 e. The molecule has 1 atom stereocenters. The highest BCUT2D eigenvalue weighted by molar-refractivity contribution is 5.97. The van der Waals surface area contributed by atoms with Crippen LogP contribution >= 0.6 is 0 Å². The molecule has 3 N–H and O–H groups in total. The van der Waals surface area contributed by atoms with Crippen LogP contribution in [0.5, 0.6) is 0 Å². The lowest BCUT2D eigenvalue weighted by molar-refractivity contribution is -0.152. The van der Waals surface area contributed by atoms with Gasteiger partial charge in [0, 0.05) is 18.7 Å². The zero-order valence-corrected chi connectivity index (χ0v) is 14.8. The van der Waals surface area contributed by atoms with Gasteiger partial charge in [0.1, 0.15) is 0 Å². The molecule has 1 aromatic carbocycles. The van der Waals surface area contributed by atoms with Crippen LogP contribution in [-0.2, 0) is 4.79 Å². The van der Waals surface area contributed by atoms with Crippen molar-refractivity contribution in [1.82, 2.24) is 14.9 Å². The number of carboxylic acid groups (broad SMARTS) is 1. The lowest BCUT2D eigenvalue weighted by Gasteiger charge is -2.40. The van der Waals surface area contributed by atoms with Gasteiger partial charge in [0.05, 0.1) is 16.4 Å². The summed E-state index contributed by atoms with van der Waals surface area (Å²) in [4.78, 5) is 54.4. The third-order valence-electron chi connectivity index (χ3n) is 5.66. The van der Waals surface area contributed by atoms with Gasteiger partial charge in [-0.25, -0.2) is 0 Å². The number of piperidine rings is 1. The fourth-order valence-electron chi connectivity index (χ4n) is 4.04. The Balaban J connectivity index is 1.62. The molecular formula is C19H21N3O5. The molecule has 0 bridgehead atoms. The first-order valence-electron chi connectivity index (χ1n) is 9.17. The van der Waals surface area contributed by atoms with E-state index in [-0.39, 0.29) is 12.5 Å². The first-order chi connectivity index (χ1) is 12.9. The summed E-state index contributed by atoms with van der Waals surface area (Å²) in [7, 11) is 0. The van der Waals surface area contributed by atoms with Crippen molar-refractivity contribution in [2.75, 3.05) is 13.1 Å². The smallest absolute Gasteiger partial charge is 0.314 e. The predicted octanol–water partition coefficient (Wildman–Crippen LogP) is 1.32. The van der Waals surface area contributed by atoms with Gasteiger partial charge in [0.15, 0.2) is 0 Å². The van der Waals surface area contributed by atoms with E-state index in [1.807, 2.05) is 0 Å². The third kappa shape index (κ3) is 3.27. The molecule has 8 heteroatoms. The molecule has 1 amide bonds. The summed E-state index contributed by atoms with van der Waals surface area (Å²) in [5.74, 6) is -0.629. The Hall–Kier alpha value is -2.90. The van der Waals surface area contributed by atoms with Crippen molar-refractivity contribution in [2.45, 2.75) is 32.1 Å². The topological polar surface area (TPSA) is 123 Å². The summed E-state index contributed by atoms with van der Waals surface area (Å²) in [5, 5.41) is 9.82. The number of carboxylic acids is 1. The summed E-state index contributed by atoms with van der Waals surface area (Å²) in [5.41, 5.74) is -1.24. The number of rotatable bonds is 4. The zero-order chi connectivity index (χ0) is 19.2. The second-order valence-electron chi connectivity index (χ2n) is 7.73. The van der Waals surface area contributed by atoms with Crippen LogP contribution in [0.2, 0.25) is 0 Å². The molecular weight excluding hydrogens is 350 g/mol. The number of aliphatic carboxylic acids is 1. The zero-order valence-electron chi connectivity index (χ0n) is 14.8. The molecule has 27 heavy (non-hydrogen) atoms. The maximum absolute atomic E-state index is 13.0. The Morgan fingerprint density at radius 2 is 1.85 bits per heavy atom. The predicted molar refractivity (Wildman–Crippen MR) is 97.7 cm³/mol. The molecule has 2 heterocycles. The van der Waals surface area contributed by atoms with Crippen LogP contribution in [0, 0.1) is 11.3 Å². The number of amides is 1. The lowest BCUT2D eigenvalue weighted by Crippen LogP contribution is -2.50. The Labute approximate surface area is 154 Å². The van der Waals surface area contributed by atoms with E-state index < -0.39 is 22.5 Å². The van der Waals surface area contributed by atoms with Crippen LogP contribution in [0.25, 0.3) is 11.0 Å². The van der Waals surface area contributed by atoms with E-state index in [0.717, 1.165) is 12.8 Å². The fourth-order valence-corrected chi connectivity index (χ4v) is 4.04. The molecule has 142 valence electrons. The van der Waals surface area contributed by atoms with Crippen molar-refractivity contribution in [2.24, 2.45) is 11.3 Å². The highest BCUT2D eigenvalue weighted by atomic mass is 16.4. The van der Waals surface area contributed by atoms with Gasteiger partial charge in [-0.2, -0.15) is 0 Å². The number of likely N-dealkylation sites (tertiary alicyclic amines) is 1. The van der Waals surface area contributed by atoms with Crippen LogP contribution < -0.4 is 11.1 Å². The van der Waals surface area contributed by atoms with Crippen molar-refractivity contribution in [1.29, 1.82) is 0 Å². The number of carbonyl (C=O) groups is 2. The van der Waals surface area contributed by atoms with Gasteiger partial charge in [-0.3, -0.25) is 19.2 Å². The quantitative estimate of drug-likeness (QED) is 0.700. The molecule has 0 unspecified atom stereocenters. The summed E-state index contributed by atoms with van der Waals surface area (Å²) in [6.07, 6.45) is 4.01. The lowest BCUT2D eigenvalue weighted by atomic mass is 9.75. The number of hydrogen-bond donors (Lipinski definition) is 3. The van der Waals surface area contributed by atoms with E-state index in [9.17, 15) is 24.3 Å². The summed E-state index contributed by atoms with van der Waals surface area (Å²) >= 11 is 0. The van der Waals surface area contributed by atoms with Crippen molar-refractivity contribution < 1.29 is 14.7 Å². The minimum atomic E-state index is -0.870. The largest absolute Gasteiger partial charge is 0.481 e. The fraction of sp³-hybridized carbons (Fsp3) is 0.474. The Morgan fingerprint density at radius 1 is 1.15 bits per heavy atom. The van der Waals surface area contributed by atoms with E-state index in [1.165, 1.54) is 6.07 Å². The van der Waals surface area contributed by atoms with Crippen LogP contribution in [0.1, 0.15) is 42.5 Å². The van der Waals surface area contributed by atoms with Gasteiger partial charge < -0.3 is 20.0 Å². The number of nitrogens with one attached hydrogen (secondary N) is 2. The molecule has 0 spiro atoms. The number of aromatic nitrogens is 2. The van der Waals surface area contributed by atoms with E-state index in [1.54, 1.807) is 17.0 Å². The Morgan fingerprint density at radius 3 is 2.52 bits per heavy atom. The number of H-pyrrole nitrogens is 2. The SMILES string of the molecule is O=C(c1ccc2[nH]c(=O)c(=O)[nH]c2c1)N1CCC[C@](CC2CC2)(C(=O)O)C1. The number of aromatic amines is 2. The molecule has 1 aliphatic carbocycles. The molecule has 2 fully saturated rings. The van der Waals surface area contributed by atoms with E-state index in [2.05, 4.69) is 9.97 Å². The normalized spacial score (nSPS) is 22.7. The highest BCUT2D eigenvalue weighted by Crippen LogP contribution is 2.45. The number of benzene rings is 1. The molecule has 1 aromatic heterocycles. The van der Waals surface area contributed by atoms with Crippen molar-refractivity contribution in [3.05, 3.63) is 44.5 Å². The summed E-state index contributed by atoms with van der Waals surface area (Å²) < 4.78 is 0. The average Bonchev–Trinajstić information content (AvgIpc) is 3.45. The summed E-state index contributed by atoms with van der Waals surface area (Å²) in [6, 6.07) is 4.67. The van der Waals surface area contributed by atoms with Gasteiger partial charge in [-0.1, -0.05) is 12.8 Å². The van der Waals surface area contributed by atoms with Gasteiger partial charge >= 0.3 is 17.1 Å². The third-order valence-corrected chi connectivity index (χ3v) is 5.66. The first-order valence-corrected chi connectivity index (χ1v) is 9.17. The highest BCUT2D eigenvalue weighted by Gasteiger charge is 2.46. The summed E-state index contributed by atoms with van der Waals surface area (Å²) in [6.45, 7) is 0.719. The molecule has 0 radical (unpaired) electrons. The van der Waals surface area contributed by atoms with Crippen LogP contribution in [0.15, 0.2) is 27.8 Å². The first kappa shape index (κ1) is 17.5. The second-order valence-corrected chi connectivity index (χ2v) is 7.73. The molecule has 2 aromatic rings. The molecule has 1 aliphatic heterocycles. The number of nitrogens with zero attached hydrogens (tertiary/aromatic N) is 1. The van der Waals surface area contributed by atoms with E-state index in [0.29, 0.717) is 48.3 Å². The molecule has 2 aliphatic rings. The van der Waals surface area contributed by atoms with Crippen molar-refractivity contribution in [3.63, 3.8) is 0 Å². The number of hydrogen-bond acceptors (Lipinski definition) is 4. The van der Waals surface area contributed by atoms with Gasteiger partial charge in [0.2, 0.25) is 0 Å². The number of fused-ring (bicyclic) bond motifs is 1. The van der Waals surface area contributed by atoms with Crippen LogP contribution in [0.3, 0.4) is 0 Å². The van der Waals surface area contributed by atoms with Crippen molar-refractivity contribution in [3.8, 4) is 0 Å². The molecule has 4 rings (SSSR count). The second kappa shape index (κ2) is 6.37. The molecule has 1 saturated carbocycles. The maximum Gasteiger partial charge on any atom is 0.314 e. The maximum atomic E-state index is 13.0. The number of carbonyl (C=O) groups excluding carboxylic acids is 1. The van der Waals surface area contributed by atoms with Gasteiger partial charge in [0.25, 0.3) is 5.91 Å². The van der Waals surface area contributed by atoms with Gasteiger partial charge in [-0.05, 0) is 43.4 Å². The van der Waals surface area contributed by atoms with Crippen LogP contribution in [-0.4, -0.2) is 44.9 Å². The van der Waals surface area contributed by atoms with Gasteiger partial charge in [-0.15, -0.1) is 0 Å². The van der Waals surface area contributed by atoms with Crippen LogP contribution in [0.4, 0.5) is 0 Å². The Kier molecular flexibility index (Phi) is 4.13. The van der Waals surface area contributed by atoms with E-state index in [4.69, 9.17) is 0 Å². The van der Waals surface area contributed by atoms with E-state index >= 15 is 0 Å².